The van der Waals surface area contributed by atoms with E-state index in [4.69, 9.17) is 0 Å². The molecule has 0 nitrogen and oxygen atoms in total. The topological polar surface area (TPSA) is 0 Å². The predicted molar refractivity (Wildman–Crippen MR) is 58.8 cm³/mol. The Morgan fingerprint density at radius 1 is 1.08 bits per heavy atom. The second-order valence-corrected chi connectivity index (χ2v) is 3.92. The van der Waals surface area contributed by atoms with Gasteiger partial charge in [0, 0.05) is 0 Å². The van der Waals surface area contributed by atoms with Gasteiger partial charge in [0.05, 0.1) is 0 Å². The molecular formula is C13H20. The summed E-state index contributed by atoms with van der Waals surface area (Å²) in [4.78, 5) is 0. The number of rotatable bonds is 5. The van der Waals surface area contributed by atoms with Crippen LogP contribution < -0.4 is 0 Å². The third-order valence-corrected chi connectivity index (χ3v) is 2.55. The summed E-state index contributed by atoms with van der Waals surface area (Å²) < 4.78 is 0. The molecule has 1 rings (SSSR count). The van der Waals surface area contributed by atoms with Crippen LogP contribution in [0.2, 0.25) is 0 Å². The molecule has 0 unspecified atom stereocenters. The van der Waals surface area contributed by atoms with Crippen molar-refractivity contribution in [2.24, 2.45) is 5.92 Å². The van der Waals surface area contributed by atoms with E-state index in [9.17, 15) is 0 Å². The molecule has 0 aliphatic carbocycles. The van der Waals surface area contributed by atoms with Gasteiger partial charge in [0.1, 0.15) is 0 Å². The van der Waals surface area contributed by atoms with Gasteiger partial charge in [0.25, 0.3) is 0 Å². The third-order valence-electron chi connectivity index (χ3n) is 2.55. The Kier molecular flexibility index (Phi) is 4.59. The smallest absolute Gasteiger partial charge is 0.0276 e. The van der Waals surface area contributed by atoms with Crippen LogP contribution in [-0.2, 0) is 6.42 Å². The summed E-state index contributed by atoms with van der Waals surface area (Å²) in [6, 6.07) is 10.8. The maximum atomic E-state index is 2.35. The monoisotopic (exact) mass is 176 g/mol. The van der Waals surface area contributed by atoms with E-state index >= 15 is 0 Å². The van der Waals surface area contributed by atoms with Gasteiger partial charge in [-0.05, 0) is 24.3 Å². The molecule has 0 bridgehead atoms. The van der Waals surface area contributed by atoms with Crippen LogP contribution in [0.3, 0.4) is 0 Å². The van der Waals surface area contributed by atoms with Gasteiger partial charge in [0.2, 0.25) is 0 Å². The van der Waals surface area contributed by atoms with Crippen LogP contribution in [0.15, 0.2) is 30.3 Å². The van der Waals surface area contributed by atoms with Crippen molar-refractivity contribution >= 4 is 0 Å². The van der Waals surface area contributed by atoms with E-state index in [1.807, 2.05) is 0 Å². The van der Waals surface area contributed by atoms with Crippen molar-refractivity contribution in [3.05, 3.63) is 35.9 Å². The van der Waals surface area contributed by atoms with Gasteiger partial charge >= 0.3 is 0 Å². The standard InChI is InChI=1S/C13H20/c1-3-7-12(2)10-11-13-8-5-4-6-9-13/h4-6,8-9,12H,3,7,10-11H2,1-2H3/t12-/m0/s1. The summed E-state index contributed by atoms with van der Waals surface area (Å²) in [6.45, 7) is 4.62. The minimum Gasteiger partial charge on any atom is -0.0654 e. The number of hydrogen-bond donors (Lipinski definition) is 0. The second-order valence-electron chi connectivity index (χ2n) is 3.92. The van der Waals surface area contributed by atoms with E-state index in [2.05, 4.69) is 44.2 Å². The van der Waals surface area contributed by atoms with Crippen molar-refractivity contribution in [2.45, 2.75) is 39.5 Å². The lowest BCUT2D eigenvalue weighted by molar-refractivity contribution is 0.486. The molecule has 0 radical (unpaired) electrons. The molecule has 1 aromatic carbocycles. The molecule has 13 heavy (non-hydrogen) atoms. The first-order valence-corrected chi connectivity index (χ1v) is 5.37. The largest absolute Gasteiger partial charge is 0.0654 e. The van der Waals surface area contributed by atoms with Crippen LogP contribution in [0.25, 0.3) is 0 Å². The Morgan fingerprint density at radius 2 is 1.77 bits per heavy atom. The van der Waals surface area contributed by atoms with Crippen LogP contribution in [0, 0.1) is 5.92 Å². The first-order valence-electron chi connectivity index (χ1n) is 5.37. The van der Waals surface area contributed by atoms with Gasteiger partial charge in [-0.15, -0.1) is 0 Å². The Morgan fingerprint density at radius 3 is 2.38 bits per heavy atom. The number of benzene rings is 1. The van der Waals surface area contributed by atoms with E-state index in [-0.39, 0.29) is 0 Å². The molecule has 0 heterocycles. The van der Waals surface area contributed by atoms with E-state index < -0.39 is 0 Å². The average molecular weight is 176 g/mol. The van der Waals surface area contributed by atoms with Gasteiger partial charge in [-0.25, -0.2) is 0 Å². The number of hydrogen-bond acceptors (Lipinski definition) is 0. The van der Waals surface area contributed by atoms with Crippen LogP contribution in [0.1, 0.15) is 38.7 Å². The molecular weight excluding hydrogens is 156 g/mol. The summed E-state index contributed by atoms with van der Waals surface area (Å²) in [7, 11) is 0. The minimum absolute atomic E-state index is 0.880. The van der Waals surface area contributed by atoms with Crippen LogP contribution in [0.5, 0.6) is 0 Å². The Hall–Kier alpha value is -0.780. The van der Waals surface area contributed by atoms with Crippen LogP contribution in [-0.4, -0.2) is 0 Å². The fraction of sp³-hybridized carbons (Fsp3) is 0.538. The van der Waals surface area contributed by atoms with E-state index in [1.165, 1.54) is 31.2 Å². The van der Waals surface area contributed by atoms with Gasteiger partial charge < -0.3 is 0 Å². The lowest BCUT2D eigenvalue weighted by Crippen LogP contribution is -1.96. The first-order chi connectivity index (χ1) is 6.33. The molecule has 0 heteroatoms. The fourth-order valence-electron chi connectivity index (χ4n) is 1.69. The highest BCUT2D eigenvalue weighted by Crippen LogP contribution is 2.13. The fourth-order valence-corrected chi connectivity index (χ4v) is 1.69. The van der Waals surface area contributed by atoms with Crippen molar-refractivity contribution in [1.82, 2.24) is 0 Å². The third kappa shape index (κ3) is 4.12. The summed E-state index contributed by atoms with van der Waals surface area (Å²) in [6.07, 6.45) is 5.25. The van der Waals surface area contributed by atoms with Crippen molar-refractivity contribution in [1.29, 1.82) is 0 Å². The van der Waals surface area contributed by atoms with Gasteiger partial charge in [-0.1, -0.05) is 57.0 Å². The molecule has 0 fully saturated rings. The van der Waals surface area contributed by atoms with Gasteiger partial charge in [-0.2, -0.15) is 0 Å². The summed E-state index contributed by atoms with van der Waals surface area (Å²) in [5.41, 5.74) is 1.48. The second kappa shape index (κ2) is 5.80. The Balaban J connectivity index is 2.27. The lowest BCUT2D eigenvalue weighted by atomic mass is 9.97. The van der Waals surface area contributed by atoms with Crippen molar-refractivity contribution in [2.75, 3.05) is 0 Å². The minimum atomic E-state index is 0.880. The molecule has 0 spiro atoms. The van der Waals surface area contributed by atoms with Crippen LogP contribution in [0.4, 0.5) is 0 Å². The van der Waals surface area contributed by atoms with Crippen molar-refractivity contribution in [3.63, 3.8) is 0 Å². The van der Waals surface area contributed by atoms with Gasteiger partial charge in [0.15, 0.2) is 0 Å². The highest BCUT2D eigenvalue weighted by molar-refractivity contribution is 5.14. The molecule has 1 aromatic rings. The zero-order valence-electron chi connectivity index (χ0n) is 8.79. The van der Waals surface area contributed by atoms with Gasteiger partial charge in [-0.3, -0.25) is 0 Å². The highest BCUT2D eigenvalue weighted by Gasteiger charge is 2.00. The Bertz CT molecular complexity index is 213. The van der Waals surface area contributed by atoms with E-state index in [0.29, 0.717) is 0 Å². The zero-order valence-corrected chi connectivity index (χ0v) is 8.79. The molecule has 0 N–H and O–H groups in total. The van der Waals surface area contributed by atoms with Crippen LogP contribution >= 0.6 is 0 Å². The quantitative estimate of drug-likeness (QED) is 0.634. The Labute approximate surface area is 82.0 Å². The summed E-state index contributed by atoms with van der Waals surface area (Å²) in [5.74, 6) is 0.880. The molecule has 0 aliphatic rings. The van der Waals surface area contributed by atoms with Crippen molar-refractivity contribution < 1.29 is 0 Å². The molecule has 0 aliphatic heterocycles. The maximum absolute atomic E-state index is 2.35. The SMILES string of the molecule is CCC[C@H](C)CCc1ccccc1. The molecule has 72 valence electrons. The molecule has 1 atom stereocenters. The number of aryl methyl sites for hydroxylation is 1. The maximum Gasteiger partial charge on any atom is -0.0276 e. The van der Waals surface area contributed by atoms with E-state index in [0.717, 1.165) is 5.92 Å². The average Bonchev–Trinajstić information content (AvgIpc) is 2.17. The molecule has 0 saturated heterocycles. The predicted octanol–water partition coefficient (Wildman–Crippen LogP) is 4.06. The van der Waals surface area contributed by atoms with Crippen molar-refractivity contribution in [3.8, 4) is 0 Å². The normalized spacial score (nSPS) is 12.8. The zero-order chi connectivity index (χ0) is 9.52. The first kappa shape index (κ1) is 10.3. The lowest BCUT2D eigenvalue weighted by Gasteiger charge is -2.09. The molecule has 0 aromatic heterocycles. The molecule has 0 amide bonds. The molecule has 0 saturated carbocycles. The summed E-state index contributed by atoms with van der Waals surface area (Å²) >= 11 is 0. The summed E-state index contributed by atoms with van der Waals surface area (Å²) in [5, 5.41) is 0. The highest BCUT2D eigenvalue weighted by atomic mass is 14.1. The van der Waals surface area contributed by atoms with E-state index in [1.54, 1.807) is 0 Å².